The summed E-state index contributed by atoms with van der Waals surface area (Å²) < 4.78 is 6.50. The molecule has 1 heterocycles. The summed E-state index contributed by atoms with van der Waals surface area (Å²) in [6.07, 6.45) is 31.5. The maximum Gasteiger partial charge on any atom is 0.139 e. The lowest BCUT2D eigenvalue weighted by molar-refractivity contribution is 0.382. The molecule has 5 aliphatic rings. The smallest absolute Gasteiger partial charge is 0.139 e. The van der Waals surface area contributed by atoms with Crippen molar-refractivity contribution >= 4 is 21.9 Å². The van der Waals surface area contributed by atoms with Crippen molar-refractivity contribution in [2.24, 2.45) is 17.8 Å². The van der Waals surface area contributed by atoms with Gasteiger partial charge >= 0.3 is 0 Å². The molecular formula is C44H39NO. The van der Waals surface area contributed by atoms with E-state index in [0.29, 0.717) is 23.7 Å². The molecule has 0 bridgehead atoms. The van der Waals surface area contributed by atoms with E-state index >= 15 is 0 Å². The van der Waals surface area contributed by atoms with E-state index in [1.807, 2.05) is 0 Å². The predicted octanol–water partition coefficient (Wildman–Crippen LogP) is 10.9. The number of fused-ring (bicyclic) bond motifs is 7. The van der Waals surface area contributed by atoms with E-state index < -0.39 is 0 Å². The Morgan fingerprint density at radius 1 is 0.717 bits per heavy atom. The highest BCUT2D eigenvalue weighted by Crippen LogP contribution is 2.54. The van der Waals surface area contributed by atoms with Gasteiger partial charge in [0.1, 0.15) is 11.2 Å². The van der Waals surface area contributed by atoms with Gasteiger partial charge in [-0.3, -0.25) is 0 Å². The third kappa shape index (κ3) is 4.02. The van der Waals surface area contributed by atoms with E-state index in [1.54, 1.807) is 0 Å². The van der Waals surface area contributed by atoms with E-state index in [-0.39, 0.29) is 10.8 Å². The van der Waals surface area contributed by atoms with Gasteiger partial charge < -0.3 is 9.32 Å². The zero-order valence-corrected chi connectivity index (χ0v) is 26.7. The van der Waals surface area contributed by atoms with Gasteiger partial charge in [0.25, 0.3) is 0 Å². The molecule has 226 valence electrons. The highest BCUT2D eigenvalue weighted by molar-refractivity contribution is 6.06. The molecule has 0 fully saturated rings. The number of rotatable bonds is 4. The van der Waals surface area contributed by atoms with Crippen molar-refractivity contribution in [1.82, 2.24) is 4.90 Å². The van der Waals surface area contributed by atoms with E-state index in [1.165, 1.54) is 44.6 Å². The van der Waals surface area contributed by atoms with Crippen LogP contribution >= 0.6 is 0 Å². The Hall–Kier alpha value is -4.82. The van der Waals surface area contributed by atoms with Crippen molar-refractivity contribution in [1.29, 1.82) is 0 Å². The summed E-state index contributed by atoms with van der Waals surface area (Å²) in [5.41, 5.74) is 9.87. The number of nitrogens with zero attached hydrogens (tertiary/aromatic N) is 1. The number of para-hydroxylation sites is 2. The predicted molar refractivity (Wildman–Crippen MR) is 190 cm³/mol. The van der Waals surface area contributed by atoms with Crippen LogP contribution in [0.4, 0.5) is 0 Å². The Morgan fingerprint density at radius 3 is 2.39 bits per heavy atom. The van der Waals surface area contributed by atoms with Gasteiger partial charge in [0, 0.05) is 56.6 Å². The van der Waals surface area contributed by atoms with Crippen LogP contribution in [0.3, 0.4) is 0 Å². The lowest BCUT2D eigenvalue weighted by atomic mass is 9.73. The van der Waals surface area contributed by atoms with Gasteiger partial charge in [-0.25, -0.2) is 0 Å². The van der Waals surface area contributed by atoms with Gasteiger partial charge in [-0.2, -0.15) is 0 Å². The third-order valence-electron chi connectivity index (χ3n) is 11.3. The molecule has 0 saturated carbocycles. The summed E-state index contributed by atoms with van der Waals surface area (Å²) in [5.74, 6) is 1.46. The Kier molecular flexibility index (Phi) is 6.03. The Labute approximate surface area is 271 Å². The summed E-state index contributed by atoms with van der Waals surface area (Å²) in [6, 6.07) is 24.1. The molecule has 0 amide bonds. The minimum absolute atomic E-state index is 0.100. The fraction of sp³-hybridized carbons (Fsp3) is 0.227. The second-order valence-electron chi connectivity index (χ2n) is 14.4. The monoisotopic (exact) mass is 597 g/mol. The van der Waals surface area contributed by atoms with Crippen molar-refractivity contribution in [3.05, 3.63) is 179 Å². The molecule has 5 aliphatic carbocycles. The number of hydrogen-bond donors (Lipinski definition) is 0. The Morgan fingerprint density at radius 2 is 1.50 bits per heavy atom. The lowest BCUT2D eigenvalue weighted by Gasteiger charge is -2.41. The van der Waals surface area contributed by atoms with Crippen molar-refractivity contribution in [3.63, 3.8) is 0 Å². The van der Waals surface area contributed by atoms with E-state index in [2.05, 4.69) is 171 Å². The van der Waals surface area contributed by atoms with Crippen molar-refractivity contribution in [2.45, 2.75) is 43.9 Å². The maximum atomic E-state index is 6.50. The summed E-state index contributed by atoms with van der Waals surface area (Å²) in [5, 5.41) is 2.37. The summed E-state index contributed by atoms with van der Waals surface area (Å²) >= 11 is 0. The molecule has 9 rings (SSSR count). The largest absolute Gasteiger partial charge is 0.456 e. The van der Waals surface area contributed by atoms with E-state index in [9.17, 15) is 0 Å². The van der Waals surface area contributed by atoms with Crippen molar-refractivity contribution < 1.29 is 4.42 Å². The van der Waals surface area contributed by atoms with Gasteiger partial charge in [-0.1, -0.05) is 142 Å². The van der Waals surface area contributed by atoms with Crippen LogP contribution in [0.1, 0.15) is 49.8 Å². The molecular weight excluding hydrogens is 558 g/mol. The SMILES string of the molecule is CC1(C)c2ccccc2C2C=C(N(C3=CC[C@](C)(c4cccc5c4oc4ccccc45)C=C3)C3=CC=CC4C=CC=CC34)C=CC21. The molecule has 46 heavy (non-hydrogen) atoms. The molecule has 2 heteroatoms. The molecule has 0 N–H and O–H groups in total. The molecule has 3 aromatic carbocycles. The van der Waals surface area contributed by atoms with Crippen LogP contribution in [-0.2, 0) is 10.8 Å². The second kappa shape index (κ2) is 10.1. The molecule has 2 nitrogen and oxygen atoms in total. The normalized spacial score (nSPS) is 28.5. The van der Waals surface area contributed by atoms with E-state index in [4.69, 9.17) is 4.42 Å². The molecule has 4 unspecified atom stereocenters. The Bertz CT molecular complexity index is 2160. The topological polar surface area (TPSA) is 16.4 Å². The van der Waals surface area contributed by atoms with Crippen LogP contribution in [0.2, 0.25) is 0 Å². The van der Waals surface area contributed by atoms with Crippen molar-refractivity contribution in [3.8, 4) is 0 Å². The van der Waals surface area contributed by atoms with Crippen LogP contribution in [0.5, 0.6) is 0 Å². The molecule has 5 atom stereocenters. The zero-order chi connectivity index (χ0) is 31.0. The first-order valence-electron chi connectivity index (χ1n) is 16.8. The molecule has 0 saturated heterocycles. The highest BCUT2D eigenvalue weighted by Gasteiger charge is 2.45. The van der Waals surface area contributed by atoms with Gasteiger partial charge in [0.15, 0.2) is 0 Å². The standard InChI is InChI=1S/C44H39NO/c1-43(2)37-18-8-6-15-33(37)36-28-31(22-23-38(36)43)45(40-20-10-13-29-12-4-5-14-32(29)40)30-24-26-44(3,27-25-30)39-19-11-17-35-34-16-7-9-21-41(34)46-42(35)39/h4-26,28-29,32,36,38H,27H2,1-3H3/t29?,32?,36?,38?,44-/m1/s1. The van der Waals surface area contributed by atoms with Gasteiger partial charge in [-0.05, 0) is 53.2 Å². The third-order valence-corrected chi connectivity index (χ3v) is 11.3. The maximum absolute atomic E-state index is 6.50. The lowest BCUT2D eigenvalue weighted by Crippen LogP contribution is -2.33. The van der Waals surface area contributed by atoms with Crippen LogP contribution in [0.25, 0.3) is 21.9 Å². The Balaban J connectivity index is 1.13. The average Bonchev–Trinajstić information content (AvgIpc) is 3.58. The quantitative estimate of drug-likeness (QED) is 0.233. The summed E-state index contributed by atoms with van der Waals surface area (Å²) in [6.45, 7) is 7.16. The molecule has 1 aromatic heterocycles. The summed E-state index contributed by atoms with van der Waals surface area (Å²) in [4.78, 5) is 2.54. The van der Waals surface area contributed by atoms with Crippen LogP contribution in [0.15, 0.2) is 167 Å². The second-order valence-corrected chi connectivity index (χ2v) is 14.4. The zero-order valence-electron chi connectivity index (χ0n) is 26.7. The molecule has 0 spiro atoms. The minimum Gasteiger partial charge on any atom is -0.456 e. The molecule has 0 radical (unpaired) electrons. The fourth-order valence-corrected chi connectivity index (χ4v) is 8.79. The first kappa shape index (κ1) is 27.5. The number of allylic oxidation sites excluding steroid dienone is 13. The van der Waals surface area contributed by atoms with Crippen LogP contribution in [-0.4, -0.2) is 4.90 Å². The number of hydrogen-bond acceptors (Lipinski definition) is 2. The first-order chi connectivity index (χ1) is 22.4. The number of benzene rings is 3. The van der Waals surface area contributed by atoms with Crippen LogP contribution in [0, 0.1) is 17.8 Å². The van der Waals surface area contributed by atoms with Gasteiger partial charge in [0.05, 0.1) is 0 Å². The van der Waals surface area contributed by atoms with Crippen molar-refractivity contribution in [2.75, 3.05) is 0 Å². The molecule has 0 aliphatic heterocycles. The van der Waals surface area contributed by atoms with E-state index in [0.717, 1.165) is 17.6 Å². The van der Waals surface area contributed by atoms with Gasteiger partial charge in [0.2, 0.25) is 0 Å². The highest BCUT2D eigenvalue weighted by atomic mass is 16.3. The average molecular weight is 598 g/mol. The summed E-state index contributed by atoms with van der Waals surface area (Å²) in [7, 11) is 0. The fourth-order valence-electron chi connectivity index (χ4n) is 8.79. The minimum atomic E-state index is -0.185. The number of furan rings is 1. The van der Waals surface area contributed by atoms with Crippen LogP contribution < -0.4 is 0 Å². The molecule has 4 aromatic rings. The first-order valence-corrected chi connectivity index (χ1v) is 16.8. The van der Waals surface area contributed by atoms with Gasteiger partial charge in [-0.15, -0.1) is 0 Å².